The number of carbonyl (C=O) groups excluding carboxylic acids is 1. The van der Waals surface area contributed by atoms with Gasteiger partial charge in [0.1, 0.15) is 0 Å². The maximum Gasteiger partial charge on any atom is 0.223 e. The Morgan fingerprint density at radius 1 is 1.24 bits per heavy atom. The number of nitrogens with zero attached hydrogens (tertiary/aromatic N) is 1. The van der Waals surface area contributed by atoms with Crippen LogP contribution in [-0.2, 0) is 4.79 Å². The van der Waals surface area contributed by atoms with Gasteiger partial charge in [0.2, 0.25) is 5.91 Å². The van der Waals surface area contributed by atoms with Crippen LogP contribution < -0.4 is 11.1 Å². The minimum Gasteiger partial charge on any atom is -0.354 e. The van der Waals surface area contributed by atoms with E-state index in [9.17, 15) is 4.79 Å². The van der Waals surface area contributed by atoms with Gasteiger partial charge in [-0.15, -0.1) is 11.3 Å². The van der Waals surface area contributed by atoms with Crippen LogP contribution in [0.25, 0.3) is 0 Å². The lowest BCUT2D eigenvalue weighted by Gasteiger charge is -2.43. The quantitative estimate of drug-likeness (QED) is 0.847. The minimum absolute atomic E-state index is 0.178. The summed E-state index contributed by atoms with van der Waals surface area (Å²) in [6, 6.07) is 5.01. The van der Waals surface area contributed by atoms with Crippen molar-refractivity contribution in [3.8, 4) is 0 Å². The van der Waals surface area contributed by atoms with Crippen LogP contribution in [0.15, 0.2) is 17.5 Å². The summed E-state index contributed by atoms with van der Waals surface area (Å²) < 4.78 is 0. The molecule has 4 nitrogen and oxygen atoms in total. The molecule has 1 saturated heterocycles. The third-order valence-corrected chi connectivity index (χ3v) is 7.68. The molecule has 3 fully saturated rings. The molecule has 0 aromatic carbocycles. The van der Waals surface area contributed by atoms with Gasteiger partial charge in [0.25, 0.3) is 0 Å². The molecular weight excluding hydrogens is 330 g/mol. The summed E-state index contributed by atoms with van der Waals surface area (Å²) in [5.41, 5.74) is 6.38. The van der Waals surface area contributed by atoms with Crippen LogP contribution in [0, 0.1) is 17.8 Å². The number of likely N-dealkylation sites (tertiary alicyclic amines) is 1. The van der Waals surface area contributed by atoms with E-state index < -0.39 is 0 Å². The Labute approximate surface area is 155 Å². The first-order valence-electron chi connectivity index (χ1n) is 10.0. The standard InChI is InChI=1S/C20H31N3OS/c21-19-14-5-3-6-15(19)12-16(11-14)20(24)22-13-17(18-7-4-10-25-18)23-8-1-2-9-23/h4,7,10,14-17,19H,1-3,5-6,8-9,11-13,21H2,(H,22,24). The second-order valence-electron chi connectivity index (χ2n) is 8.22. The maximum absolute atomic E-state index is 12.9. The number of carbonyl (C=O) groups is 1. The SMILES string of the molecule is NC1C2CCCC1CC(C(=O)NCC(c1cccs1)N1CCCC1)C2. The smallest absolute Gasteiger partial charge is 0.223 e. The highest BCUT2D eigenvalue weighted by Gasteiger charge is 2.40. The molecule has 1 aliphatic heterocycles. The van der Waals surface area contributed by atoms with Crippen LogP contribution in [0.1, 0.15) is 55.9 Å². The van der Waals surface area contributed by atoms with Gasteiger partial charge < -0.3 is 11.1 Å². The Morgan fingerprint density at radius 3 is 2.60 bits per heavy atom. The van der Waals surface area contributed by atoms with Crippen molar-refractivity contribution in [1.82, 2.24) is 10.2 Å². The molecule has 1 aromatic heterocycles. The summed E-state index contributed by atoms with van der Waals surface area (Å²) in [6.07, 6.45) is 8.28. The average Bonchev–Trinajstić information content (AvgIpc) is 3.29. The number of nitrogens with two attached hydrogens (primary N) is 1. The molecule has 138 valence electrons. The first kappa shape index (κ1) is 17.5. The molecule has 25 heavy (non-hydrogen) atoms. The molecule has 5 heteroatoms. The van der Waals surface area contributed by atoms with Crippen LogP contribution >= 0.6 is 11.3 Å². The number of thiophene rings is 1. The summed E-state index contributed by atoms with van der Waals surface area (Å²) in [7, 11) is 0. The van der Waals surface area contributed by atoms with Crippen molar-refractivity contribution in [2.24, 2.45) is 23.5 Å². The van der Waals surface area contributed by atoms with Gasteiger partial charge >= 0.3 is 0 Å². The van der Waals surface area contributed by atoms with Gasteiger partial charge in [-0.3, -0.25) is 9.69 Å². The van der Waals surface area contributed by atoms with E-state index in [1.165, 1.54) is 37.0 Å². The first-order valence-corrected chi connectivity index (χ1v) is 10.9. The zero-order valence-electron chi connectivity index (χ0n) is 15.0. The molecule has 0 radical (unpaired) electrons. The lowest BCUT2D eigenvalue weighted by Crippen LogP contribution is -2.49. The Bertz CT molecular complexity index is 556. The fraction of sp³-hybridized carbons (Fsp3) is 0.750. The maximum atomic E-state index is 12.9. The van der Waals surface area contributed by atoms with E-state index in [1.54, 1.807) is 0 Å². The molecule has 3 aliphatic rings. The number of fused-ring (bicyclic) bond motifs is 2. The monoisotopic (exact) mass is 361 g/mol. The first-order chi connectivity index (χ1) is 12.2. The van der Waals surface area contributed by atoms with Crippen LogP contribution in [-0.4, -0.2) is 36.5 Å². The van der Waals surface area contributed by atoms with Gasteiger partial charge in [-0.2, -0.15) is 0 Å². The Kier molecular flexibility index (Phi) is 5.44. The van der Waals surface area contributed by atoms with Crippen molar-refractivity contribution < 1.29 is 4.79 Å². The minimum atomic E-state index is 0.178. The van der Waals surface area contributed by atoms with Crippen molar-refractivity contribution >= 4 is 17.2 Å². The zero-order valence-corrected chi connectivity index (χ0v) is 15.8. The molecule has 3 N–H and O–H groups in total. The molecular formula is C20H31N3OS. The topological polar surface area (TPSA) is 58.4 Å². The van der Waals surface area contributed by atoms with E-state index in [2.05, 4.69) is 27.7 Å². The third kappa shape index (κ3) is 3.79. The van der Waals surface area contributed by atoms with Crippen LogP contribution in [0.5, 0.6) is 0 Å². The van der Waals surface area contributed by atoms with Crippen molar-refractivity contribution in [3.63, 3.8) is 0 Å². The summed E-state index contributed by atoms with van der Waals surface area (Å²) in [4.78, 5) is 16.8. The molecule has 2 bridgehead atoms. The molecule has 4 rings (SSSR count). The van der Waals surface area contributed by atoms with E-state index in [0.717, 1.165) is 32.5 Å². The molecule has 2 heterocycles. The molecule has 0 spiro atoms. The number of amides is 1. The largest absolute Gasteiger partial charge is 0.354 e. The number of nitrogens with one attached hydrogen (secondary N) is 1. The highest BCUT2D eigenvalue weighted by Crippen LogP contribution is 2.42. The van der Waals surface area contributed by atoms with E-state index in [0.29, 0.717) is 23.9 Å². The highest BCUT2D eigenvalue weighted by atomic mass is 32.1. The number of rotatable bonds is 5. The van der Waals surface area contributed by atoms with Gasteiger partial charge in [-0.05, 0) is 74.9 Å². The molecule has 2 aliphatic carbocycles. The number of hydrogen-bond donors (Lipinski definition) is 2. The Morgan fingerprint density at radius 2 is 1.96 bits per heavy atom. The van der Waals surface area contributed by atoms with E-state index in [1.807, 2.05) is 11.3 Å². The van der Waals surface area contributed by atoms with Crippen LogP contribution in [0.2, 0.25) is 0 Å². The highest BCUT2D eigenvalue weighted by molar-refractivity contribution is 7.10. The lowest BCUT2D eigenvalue weighted by atomic mass is 9.65. The van der Waals surface area contributed by atoms with Gasteiger partial charge in [-0.1, -0.05) is 12.5 Å². The van der Waals surface area contributed by atoms with Gasteiger partial charge in [0, 0.05) is 23.4 Å². The van der Waals surface area contributed by atoms with Gasteiger partial charge in [0.15, 0.2) is 0 Å². The van der Waals surface area contributed by atoms with Gasteiger partial charge in [-0.25, -0.2) is 0 Å². The van der Waals surface area contributed by atoms with Gasteiger partial charge in [0.05, 0.1) is 6.04 Å². The van der Waals surface area contributed by atoms with E-state index in [4.69, 9.17) is 5.73 Å². The lowest BCUT2D eigenvalue weighted by molar-refractivity contribution is -0.128. The van der Waals surface area contributed by atoms with Crippen LogP contribution in [0.3, 0.4) is 0 Å². The fourth-order valence-corrected chi connectivity index (χ4v) is 6.15. The van der Waals surface area contributed by atoms with E-state index >= 15 is 0 Å². The predicted octanol–water partition coefficient (Wildman–Crippen LogP) is 3.15. The summed E-state index contributed by atoms with van der Waals surface area (Å²) in [6.45, 7) is 3.05. The zero-order chi connectivity index (χ0) is 17.2. The summed E-state index contributed by atoms with van der Waals surface area (Å²) >= 11 is 1.81. The van der Waals surface area contributed by atoms with E-state index in [-0.39, 0.29) is 11.8 Å². The second kappa shape index (κ2) is 7.77. The normalized spacial score (nSPS) is 34.0. The molecule has 3 unspecified atom stereocenters. The molecule has 1 amide bonds. The summed E-state index contributed by atoms with van der Waals surface area (Å²) in [5, 5.41) is 5.45. The molecule has 3 atom stereocenters. The number of hydrogen-bond acceptors (Lipinski definition) is 4. The van der Waals surface area contributed by atoms with Crippen molar-refractivity contribution in [1.29, 1.82) is 0 Å². The molecule has 2 saturated carbocycles. The van der Waals surface area contributed by atoms with Crippen molar-refractivity contribution in [2.75, 3.05) is 19.6 Å². The Hall–Kier alpha value is -0.910. The predicted molar refractivity (Wildman–Crippen MR) is 102 cm³/mol. The van der Waals surface area contributed by atoms with Crippen molar-refractivity contribution in [2.45, 2.75) is 57.0 Å². The fourth-order valence-electron chi connectivity index (χ4n) is 5.29. The summed E-state index contributed by atoms with van der Waals surface area (Å²) in [5.74, 6) is 1.58. The second-order valence-corrected chi connectivity index (χ2v) is 9.20. The molecule has 1 aromatic rings. The third-order valence-electron chi connectivity index (χ3n) is 6.71. The van der Waals surface area contributed by atoms with Crippen molar-refractivity contribution in [3.05, 3.63) is 22.4 Å². The average molecular weight is 362 g/mol. The van der Waals surface area contributed by atoms with Crippen LogP contribution in [0.4, 0.5) is 0 Å². The Balaban J connectivity index is 1.37.